The van der Waals surface area contributed by atoms with Gasteiger partial charge in [-0.2, -0.15) is 0 Å². The third-order valence-electron chi connectivity index (χ3n) is 6.92. The van der Waals surface area contributed by atoms with E-state index in [1.54, 1.807) is 4.90 Å². The first-order valence-electron chi connectivity index (χ1n) is 11.1. The molecule has 0 bridgehead atoms. The summed E-state index contributed by atoms with van der Waals surface area (Å²) >= 11 is 0. The topological polar surface area (TPSA) is 69.7 Å². The summed E-state index contributed by atoms with van der Waals surface area (Å²) in [5.74, 6) is -0.310. The Morgan fingerprint density at radius 2 is 1.73 bits per heavy atom. The number of hydrogen-bond donors (Lipinski definition) is 1. The molecule has 4 rings (SSSR count). The molecule has 1 aliphatic carbocycles. The molecule has 1 aromatic carbocycles. The van der Waals surface area contributed by atoms with E-state index in [4.69, 9.17) is 0 Å². The quantitative estimate of drug-likeness (QED) is 0.615. The molecule has 6 heteroatoms. The molecule has 3 aliphatic rings. The van der Waals surface area contributed by atoms with Crippen LogP contribution in [0.15, 0.2) is 42.5 Å². The molecule has 2 heterocycles. The zero-order chi connectivity index (χ0) is 21.1. The van der Waals surface area contributed by atoms with E-state index >= 15 is 0 Å². The molecule has 2 aliphatic heterocycles. The number of likely N-dealkylation sites (tertiary alicyclic amines) is 1. The number of amides is 3. The minimum absolute atomic E-state index is 0.125. The van der Waals surface area contributed by atoms with Crippen molar-refractivity contribution in [2.45, 2.75) is 50.5 Å². The van der Waals surface area contributed by atoms with Crippen LogP contribution in [-0.2, 0) is 19.8 Å². The Hall–Kier alpha value is -2.63. The Labute approximate surface area is 178 Å². The molecule has 160 valence electrons. The van der Waals surface area contributed by atoms with Crippen LogP contribution in [-0.4, -0.2) is 59.7 Å². The van der Waals surface area contributed by atoms with Gasteiger partial charge in [-0.3, -0.25) is 14.4 Å². The van der Waals surface area contributed by atoms with Gasteiger partial charge in [0.05, 0.1) is 11.5 Å². The van der Waals surface area contributed by atoms with Crippen molar-refractivity contribution in [1.29, 1.82) is 0 Å². The van der Waals surface area contributed by atoms with Gasteiger partial charge in [-0.1, -0.05) is 55.8 Å². The van der Waals surface area contributed by atoms with Crippen LogP contribution in [0.5, 0.6) is 0 Å². The standard InChI is InChI=1S/C24H31N3O3/c1-18-10-15-26(16-11-18)22(29)21(28)25-20-9-5-14-27(17-20)23(30)24(12-6-13-24)19-7-3-2-4-8-19/h2-5,7-9,18,20H,6,10-17H2,1H3,(H,25,28). The second-order valence-corrected chi connectivity index (χ2v) is 8.99. The van der Waals surface area contributed by atoms with Crippen molar-refractivity contribution in [3.63, 3.8) is 0 Å². The molecule has 1 aromatic rings. The molecule has 1 saturated heterocycles. The van der Waals surface area contributed by atoms with Gasteiger partial charge in [0.25, 0.3) is 0 Å². The fraction of sp³-hybridized carbons (Fsp3) is 0.542. The van der Waals surface area contributed by atoms with Gasteiger partial charge in [0.15, 0.2) is 0 Å². The van der Waals surface area contributed by atoms with E-state index in [1.165, 1.54) is 0 Å². The van der Waals surface area contributed by atoms with Crippen molar-refractivity contribution < 1.29 is 14.4 Å². The monoisotopic (exact) mass is 409 g/mol. The van der Waals surface area contributed by atoms with E-state index < -0.39 is 17.2 Å². The van der Waals surface area contributed by atoms with E-state index in [0.717, 1.165) is 37.7 Å². The first kappa shape index (κ1) is 20.6. The van der Waals surface area contributed by atoms with Crippen LogP contribution in [0, 0.1) is 5.92 Å². The van der Waals surface area contributed by atoms with Crippen molar-refractivity contribution in [1.82, 2.24) is 15.1 Å². The maximum absolute atomic E-state index is 13.5. The Bertz CT molecular complexity index is 823. The van der Waals surface area contributed by atoms with Crippen molar-refractivity contribution in [2.75, 3.05) is 26.2 Å². The summed E-state index contributed by atoms with van der Waals surface area (Å²) in [6, 6.07) is 9.66. The summed E-state index contributed by atoms with van der Waals surface area (Å²) in [4.78, 5) is 41.9. The summed E-state index contributed by atoms with van der Waals surface area (Å²) in [7, 11) is 0. The molecule has 1 saturated carbocycles. The van der Waals surface area contributed by atoms with Gasteiger partial charge in [-0.05, 0) is 37.2 Å². The van der Waals surface area contributed by atoms with E-state index in [9.17, 15) is 14.4 Å². The number of benzene rings is 1. The van der Waals surface area contributed by atoms with Gasteiger partial charge < -0.3 is 15.1 Å². The number of hydrogen-bond acceptors (Lipinski definition) is 3. The molecule has 30 heavy (non-hydrogen) atoms. The molecule has 0 aromatic heterocycles. The minimum atomic E-state index is -0.574. The van der Waals surface area contributed by atoms with Crippen LogP contribution in [0.2, 0.25) is 0 Å². The first-order valence-corrected chi connectivity index (χ1v) is 11.1. The molecule has 1 atom stereocenters. The molecule has 6 nitrogen and oxygen atoms in total. The zero-order valence-corrected chi connectivity index (χ0v) is 17.7. The number of nitrogens with zero attached hydrogens (tertiary/aromatic N) is 2. The van der Waals surface area contributed by atoms with E-state index in [2.05, 4.69) is 12.2 Å². The molecule has 0 radical (unpaired) electrons. The molecular formula is C24H31N3O3. The van der Waals surface area contributed by atoms with Crippen LogP contribution in [0.3, 0.4) is 0 Å². The largest absolute Gasteiger partial charge is 0.340 e. The highest BCUT2D eigenvalue weighted by Gasteiger charge is 2.48. The Morgan fingerprint density at radius 3 is 2.37 bits per heavy atom. The highest BCUT2D eigenvalue weighted by atomic mass is 16.2. The molecular weight excluding hydrogens is 378 g/mol. The van der Waals surface area contributed by atoms with Crippen LogP contribution in [0.25, 0.3) is 0 Å². The average Bonchev–Trinajstić information content (AvgIpc) is 2.74. The Morgan fingerprint density at radius 1 is 1.03 bits per heavy atom. The summed E-state index contributed by atoms with van der Waals surface area (Å²) in [6.45, 7) is 4.39. The van der Waals surface area contributed by atoms with E-state index in [0.29, 0.717) is 32.1 Å². The van der Waals surface area contributed by atoms with Crippen molar-refractivity contribution in [3.8, 4) is 0 Å². The van der Waals surface area contributed by atoms with Crippen LogP contribution in [0.1, 0.15) is 44.6 Å². The third-order valence-corrected chi connectivity index (χ3v) is 6.92. The molecule has 1 unspecified atom stereocenters. The maximum Gasteiger partial charge on any atom is 0.311 e. The van der Waals surface area contributed by atoms with Gasteiger partial charge in [0.1, 0.15) is 0 Å². The van der Waals surface area contributed by atoms with Gasteiger partial charge >= 0.3 is 11.8 Å². The minimum Gasteiger partial charge on any atom is -0.340 e. The normalized spacial score (nSPS) is 23.6. The number of carbonyl (C=O) groups excluding carboxylic acids is 3. The van der Waals surface area contributed by atoms with Crippen molar-refractivity contribution in [2.24, 2.45) is 5.92 Å². The molecule has 1 N–H and O–H groups in total. The van der Waals surface area contributed by atoms with Crippen LogP contribution < -0.4 is 5.32 Å². The lowest BCUT2D eigenvalue weighted by atomic mass is 9.63. The van der Waals surface area contributed by atoms with Gasteiger partial charge in [-0.25, -0.2) is 0 Å². The lowest BCUT2D eigenvalue weighted by molar-refractivity contribution is -0.147. The van der Waals surface area contributed by atoms with Gasteiger partial charge in [0.2, 0.25) is 5.91 Å². The van der Waals surface area contributed by atoms with Crippen LogP contribution >= 0.6 is 0 Å². The highest BCUT2D eigenvalue weighted by molar-refractivity contribution is 6.35. The Kier molecular flexibility index (Phi) is 5.93. The summed E-state index contributed by atoms with van der Waals surface area (Å²) < 4.78 is 0. The second-order valence-electron chi connectivity index (χ2n) is 8.99. The fourth-order valence-electron chi connectivity index (χ4n) is 4.79. The lowest BCUT2D eigenvalue weighted by Gasteiger charge is -2.45. The van der Waals surface area contributed by atoms with E-state index in [1.807, 2.05) is 47.4 Å². The summed E-state index contributed by atoms with van der Waals surface area (Å²) in [5, 5.41) is 2.83. The number of nitrogens with one attached hydrogen (secondary N) is 1. The SMILES string of the molecule is CC1CCN(C(=O)C(=O)NC2C=CCN(C(=O)C3(c4ccccc4)CCC3)C2)CC1. The number of rotatable bonds is 3. The molecule has 3 amide bonds. The lowest BCUT2D eigenvalue weighted by Crippen LogP contribution is -2.56. The van der Waals surface area contributed by atoms with E-state index in [-0.39, 0.29) is 11.9 Å². The van der Waals surface area contributed by atoms with Crippen molar-refractivity contribution >= 4 is 17.7 Å². The summed E-state index contributed by atoms with van der Waals surface area (Å²) in [6.07, 6.45) is 8.45. The molecule has 2 fully saturated rings. The average molecular weight is 410 g/mol. The van der Waals surface area contributed by atoms with Crippen LogP contribution in [0.4, 0.5) is 0 Å². The van der Waals surface area contributed by atoms with Gasteiger partial charge in [-0.15, -0.1) is 0 Å². The smallest absolute Gasteiger partial charge is 0.311 e. The predicted molar refractivity (Wildman–Crippen MR) is 115 cm³/mol. The number of piperidine rings is 1. The molecule has 0 spiro atoms. The third kappa shape index (κ3) is 4.00. The number of carbonyl (C=O) groups is 3. The second kappa shape index (κ2) is 8.62. The Balaban J connectivity index is 1.38. The van der Waals surface area contributed by atoms with Crippen molar-refractivity contribution in [3.05, 3.63) is 48.0 Å². The predicted octanol–water partition coefficient (Wildman–Crippen LogP) is 2.25. The zero-order valence-electron chi connectivity index (χ0n) is 17.7. The fourth-order valence-corrected chi connectivity index (χ4v) is 4.79. The summed E-state index contributed by atoms with van der Waals surface area (Å²) in [5.41, 5.74) is 0.632. The maximum atomic E-state index is 13.5. The van der Waals surface area contributed by atoms with Gasteiger partial charge in [0, 0.05) is 26.2 Å². The first-order chi connectivity index (χ1) is 14.5. The highest BCUT2D eigenvalue weighted by Crippen LogP contribution is 2.45.